The lowest BCUT2D eigenvalue weighted by molar-refractivity contribution is -0.148. The smallest absolute Gasteiger partial charge is 0.401 e. The van der Waals surface area contributed by atoms with Gasteiger partial charge in [0.15, 0.2) is 17.5 Å². The zero-order chi connectivity index (χ0) is 22.0. The van der Waals surface area contributed by atoms with Gasteiger partial charge >= 0.3 is 6.18 Å². The second-order valence-electron chi connectivity index (χ2n) is 7.58. The lowest BCUT2D eigenvalue weighted by atomic mass is 9.93. The summed E-state index contributed by atoms with van der Waals surface area (Å²) in [5.41, 5.74) is 0. The topological polar surface area (TPSA) is 58.1 Å². The van der Waals surface area contributed by atoms with Gasteiger partial charge in [0.25, 0.3) is 0 Å². The van der Waals surface area contributed by atoms with E-state index < -0.39 is 12.7 Å². The summed E-state index contributed by atoms with van der Waals surface area (Å²) in [5, 5.41) is 6.51. The molecule has 0 amide bonds. The average molecular weight is 431 g/mol. The van der Waals surface area contributed by atoms with Crippen LogP contribution >= 0.6 is 0 Å². The molecular formula is C21H33F3N4O2. The lowest BCUT2D eigenvalue weighted by Gasteiger charge is -2.32. The van der Waals surface area contributed by atoms with Crippen molar-refractivity contribution < 1.29 is 22.6 Å². The second-order valence-corrected chi connectivity index (χ2v) is 7.58. The summed E-state index contributed by atoms with van der Waals surface area (Å²) < 4.78 is 48.6. The Morgan fingerprint density at radius 3 is 2.47 bits per heavy atom. The number of rotatable bonds is 9. The molecule has 0 radical (unpaired) electrons. The van der Waals surface area contributed by atoms with E-state index in [9.17, 15) is 13.2 Å². The summed E-state index contributed by atoms with van der Waals surface area (Å²) in [7, 11) is 3.31. The number of likely N-dealkylation sites (tertiary alicyclic amines) is 1. The van der Waals surface area contributed by atoms with E-state index >= 15 is 0 Å². The molecule has 2 N–H and O–H groups in total. The van der Waals surface area contributed by atoms with Crippen LogP contribution in [0.1, 0.15) is 26.2 Å². The quantitative estimate of drug-likeness (QED) is 0.465. The highest BCUT2D eigenvalue weighted by Crippen LogP contribution is 2.26. The van der Waals surface area contributed by atoms with E-state index in [1.807, 2.05) is 31.2 Å². The molecule has 1 atom stereocenters. The molecule has 1 saturated heterocycles. The van der Waals surface area contributed by atoms with Gasteiger partial charge in [-0.3, -0.25) is 9.89 Å². The molecule has 0 bridgehead atoms. The first-order valence-corrected chi connectivity index (χ1v) is 10.3. The molecule has 30 heavy (non-hydrogen) atoms. The van der Waals surface area contributed by atoms with Crippen molar-refractivity contribution in [3.63, 3.8) is 0 Å². The molecule has 1 aliphatic heterocycles. The number of alkyl halides is 3. The fourth-order valence-electron chi connectivity index (χ4n) is 3.52. The number of guanidine groups is 1. The van der Waals surface area contributed by atoms with Crippen LogP contribution in [-0.2, 0) is 0 Å². The summed E-state index contributed by atoms with van der Waals surface area (Å²) in [6, 6.07) is 7.50. The van der Waals surface area contributed by atoms with Crippen LogP contribution in [0.4, 0.5) is 13.2 Å². The van der Waals surface area contributed by atoms with Crippen LogP contribution in [0.2, 0.25) is 0 Å². The first-order chi connectivity index (χ1) is 14.3. The monoisotopic (exact) mass is 430 g/mol. The molecule has 170 valence electrons. The third kappa shape index (κ3) is 8.69. The molecule has 1 aromatic rings. The highest BCUT2D eigenvalue weighted by atomic mass is 19.4. The van der Waals surface area contributed by atoms with Crippen LogP contribution in [0.5, 0.6) is 11.5 Å². The van der Waals surface area contributed by atoms with Gasteiger partial charge in [-0.2, -0.15) is 13.2 Å². The molecule has 1 unspecified atom stereocenters. The molecule has 0 aliphatic carbocycles. The van der Waals surface area contributed by atoms with E-state index in [2.05, 4.69) is 15.6 Å². The van der Waals surface area contributed by atoms with Gasteiger partial charge in [0.1, 0.15) is 6.10 Å². The van der Waals surface area contributed by atoms with Crippen LogP contribution in [0.25, 0.3) is 0 Å². The number of aliphatic imine (C=N–C) groups is 1. The van der Waals surface area contributed by atoms with Crippen molar-refractivity contribution in [1.29, 1.82) is 0 Å². The number of nitrogens with zero attached hydrogens (tertiary/aromatic N) is 2. The molecule has 6 nitrogen and oxygen atoms in total. The standard InChI is InChI=1S/C21H33F3N4O2/c1-16(30-19-7-5-4-6-18(19)29-3)14-27-20(25-2)26-11-8-17-9-12-28(13-10-17)15-21(22,23)24/h4-7,16-17H,8-15H2,1-3H3,(H2,25,26,27). The Hall–Kier alpha value is -2.16. The molecule has 1 aromatic carbocycles. The predicted molar refractivity (Wildman–Crippen MR) is 112 cm³/mol. The van der Waals surface area contributed by atoms with Crippen LogP contribution in [-0.4, -0.2) is 70.0 Å². The Bertz CT molecular complexity index is 662. The Morgan fingerprint density at radius 1 is 1.20 bits per heavy atom. The first-order valence-electron chi connectivity index (χ1n) is 10.3. The van der Waals surface area contributed by atoms with Crippen molar-refractivity contribution in [1.82, 2.24) is 15.5 Å². The van der Waals surface area contributed by atoms with E-state index in [-0.39, 0.29) is 6.10 Å². The minimum atomic E-state index is -4.11. The summed E-state index contributed by atoms with van der Waals surface area (Å²) in [6.45, 7) is 3.47. The van der Waals surface area contributed by atoms with E-state index in [4.69, 9.17) is 9.47 Å². The van der Waals surface area contributed by atoms with Crippen molar-refractivity contribution in [3.8, 4) is 11.5 Å². The highest BCUT2D eigenvalue weighted by molar-refractivity contribution is 5.79. The van der Waals surface area contributed by atoms with Gasteiger partial charge < -0.3 is 20.1 Å². The van der Waals surface area contributed by atoms with Crippen molar-refractivity contribution in [3.05, 3.63) is 24.3 Å². The van der Waals surface area contributed by atoms with E-state index in [0.29, 0.717) is 43.0 Å². The summed E-state index contributed by atoms with van der Waals surface area (Å²) in [6.07, 6.45) is -1.70. The Morgan fingerprint density at radius 2 is 1.87 bits per heavy atom. The van der Waals surface area contributed by atoms with Gasteiger partial charge in [-0.25, -0.2) is 0 Å². The number of benzene rings is 1. The molecule has 0 saturated carbocycles. The SMILES string of the molecule is CN=C(NCCC1CCN(CC(F)(F)F)CC1)NCC(C)Oc1ccccc1OC. The summed E-state index contributed by atoms with van der Waals surface area (Å²) in [5.74, 6) is 2.50. The number of methoxy groups -OCH3 is 1. The zero-order valence-corrected chi connectivity index (χ0v) is 18.0. The summed E-state index contributed by atoms with van der Waals surface area (Å²) >= 11 is 0. The van der Waals surface area contributed by atoms with Crippen LogP contribution < -0.4 is 20.1 Å². The molecule has 9 heteroatoms. The van der Waals surface area contributed by atoms with Gasteiger partial charge in [-0.05, 0) is 57.3 Å². The van der Waals surface area contributed by atoms with E-state index in [1.54, 1.807) is 14.2 Å². The molecule has 0 aromatic heterocycles. The molecule has 2 rings (SSSR count). The van der Waals surface area contributed by atoms with Crippen LogP contribution in [0, 0.1) is 5.92 Å². The maximum absolute atomic E-state index is 12.5. The number of ether oxygens (including phenoxy) is 2. The van der Waals surface area contributed by atoms with Gasteiger partial charge in [-0.15, -0.1) is 0 Å². The molecule has 1 aliphatic rings. The van der Waals surface area contributed by atoms with Crippen molar-refractivity contribution in [2.75, 3.05) is 46.9 Å². The average Bonchev–Trinajstić information content (AvgIpc) is 2.71. The van der Waals surface area contributed by atoms with Gasteiger partial charge in [0.2, 0.25) is 0 Å². The third-order valence-electron chi connectivity index (χ3n) is 5.13. The highest BCUT2D eigenvalue weighted by Gasteiger charge is 2.32. The van der Waals surface area contributed by atoms with Gasteiger partial charge in [-0.1, -0.05) is 12.1 Å². The maximum atomic E-state index is 12.5. The first kappa shape index (κ1) is 24.1. The zero-order valence-electron chi connectivity index (χ0n) is 18.0. The molecular weight excluding hydrogens is 397 g/mol. The van der Waals surface area contributed by atoms with Crippen LogP contribution in [0.3, 0.4) is 0 Å². The maximum Gasteiger partial charge on any atom is 0.401 e. The number of hydrogen-bond donors (Lipinski definition) is 2. The van der Waals surface area contributed by atoms with Crippen LogP contribution in [0.15, 0.2) is 29.3 Å². The number of nitrogens with one attached hydrogen (secondary N) is 2. The number of piperidine rings is 1. The second kappa shape index (κ2) is 11.9. The fraction of sp³-hybridized carbons (Fsp3) is 0.667. The Labute approximate surface area is 176 Å². The van der Waals surface area contributed by atoms with Crippen molar-refractivity contribution >= 4 is 5.96 Å². The summed E-state index contributed by atoms with van der Waals surface area (Å²) in [4.78, 5) is 5.71. The molecule has 0 spiro atoms. The number of halogens is 3. The minimum absolute atomic E-state index is 0.0992. The normalized spacial score (nSPS) is 17.5. The third-order valence-corrected chi connectivity index (χ3v) is 5.13. The minimum Gasteiger partial charge on any atom is -0.493 e. The van der Waals surface area contributed by atoms with Crippen molar-refractivity contribution in [2.45, 2.75) is 38.5 Å². The van der Waals surface area contributed by atoms with E-state index in [1.165, 1.54) is 4.90 Å². The van der Waals surface area contributed by atoms with Gasteiger partial charge in [0, 0.05) is 13.6 Å². The molecule has 1 fully saturated rings. The molecule has 1 heterocycles. The Balaban J connectivity index is 1.64. The largest absolute Gasteiger partial charge is 0.493 e. The van der Waals surface area contributed by atoms with E-state index in [0.717, 1.165) is 25.8 Å². The number of hydrogen-bond acceptors (Lipinski definition) is 4. The number of para-hydroxylation sites is 2. The predicted octanol–water partition coefficient (Wildman–Crippen LogP) is 3.29. The Kier molecular flexibility index (Phi) is 9.55. The van der Waals surface area contributed by atoms with Gasteiger partial charge in [0.05, 0.1) is 20.2 Å². The fourth-order valence-corrected chi connectivity index (χ4v) is 3.52. The lowest BCUT2D eigenvalue weighted by Crippen LogP contribution is -2.43. The van der Waals surface area contributed by atoms with Crippen molar-refractivity contribution in [2.24, 2.45) is 10.9 Å².